The van der Waals surface area contributed by atoms with Crippen molar-refractivity contribution in [2.24, 2.45) is 0 Å². The average molecular weight is 550 g/mol. The van der Waals surface area contributed by atoms with E-state index in [-0.39, 0.29) is 15.4 Å². The van der Waals surface area contributed by atoms with Crippen LogP contribution in [-0.4, -0.2) is 37.7 Å². The molecule has 0 aliphatic carbocycles. The Labute approximate surface area is 227 Å². The number of carboxylic acid groups (broad SMARTS) is 1. The predicted octanol–water partition coefficient (Wildman–Crippen LogP) is 5.71. The first-order valence-electron chi connectivity index (χ1n) is 12.1. The average Bonchev–Trinajstić information content (AvgIpc) is 2.91. The van der Waals surface area contributed by atoms with Gasteiger partial charge in [-0.05, 0) is 90.2 Å². The standard InChI is InChI=1S/C30H28ClNO5S/c1-20-27(22-10-12-23(13-11-22)30(34)35)6-3-7-29(20)38(36,37)26-14-8-21(9-15-26)16-17-32-19-28(33)24-4-2-5-25(31)18-24/h2-15,18,28,32-33H,16-17,19H2,1H3,(H,34,35)/t28-/m0/s1. The summed E-state index contributed by atoms with van der Waals surface area (Å²) in [5, 5.41) is 23.2. The van der Waals surface area contributed by atoms with Crippen molar-refractivity contribution in [3.8, 4) is 11.1 Å². The van der Waals surface area contributed by atoms with Gasteiger partial charge in [-0.1, -0.05) is 60.1 Å². The molecule has 0 radical (unpaired) electrons. The molecule has 0 saturated heterocycles. The Hall–Kier alpha value is -3.49. The van der Waals surface area contributed by atoms with E-state index in [0.717, 1.165) is 22.3 Å². The third kappa shape index (κ3) is 6.31. The van der Waals surface area contributed by atoms with Crippen LogP contribution in [0.25, 0.3) is 11.1 Å². The Morgan fingerprint density at radius 3 is 2.29 bits per heavy atom. The summed E-state index contributed by atoms with van der Waals surface area (Å²) in [5.41, 5.74) is 3.96. The molecule has 0 fully saturated rings. The number of hydrogen-bond donors (Lipinski definition) is 3. The summed E-state index contributed by atoms with van der Waals surface area (Å²) in [4.78, 5) is 11.6. The molecule has 4 rings (SSSR count). The van der Waals surface area contributed by atoms with E-state index in [4.69, 9.17) is 16.7 Å². The summed E-state index contributed by atoms with van der Waals surface area (Å²) >= 11 is 5.98. The summed E-state index contributed by atoms with van der Waals surface area (Å²) in [5.74, 6) is -1.01. The highest BCUT2D eigenvalue weighted by atomic mass is 35.5. The second kappa shape index (κ2) is 11.9. The number of rotatable bonds is 10. The Balaban J connectivity index is 1.42. The molecule has 0 unspecified atom stereocenters. The Kier molecular flexibility index (Phi) is 8.64. The number of carboxylic acids is 1. The highest BCUT2D eigenvalue weighted by Gasteiger charge is 2.21. The van der Waals surface area contributed by atoms with Crippen molar-refractivity contribution in [2.75, 3.05) is 13.1 Å². The third-order valence-corrected chi connectivity index (χ3v) is 8.56. The van der Waals surface area contributed by atoms with Crippen molar-refractivity contribution < 1.29 is 23.4 Å². The van der Waals surface area contributed by atoms with Gasteiger partial charge in [-0.3, -0.25) is 0 Å². The van der Waals surface area contributed by atoms with E-state index in [1.807, 2.05) is 12.1 Å². The lowest BCUT2D eigenvalue weighted by Gasteiger charge is -2.14. The zero-order valence-corrected chi connectivity index (χ0v) is 22.3. The predicted molar refractivity (Wildman–Crippen MR) is 148 cm³/mol. The minimum atomic E-state index is -3.76. The van der Waals surface area contributed by atoms with Crippen molar-refractivity contribution >= 4 is 27.4 Å². The van der Waals surface area contributed by atoms with Gasteiger partial charge in [-0.15, -0.1) is 0 Å². The normalized spacial score (nSPS) is 12.3. The number of aromatic carboxylic acids is 1. The molecule has 0 heterocycles. The zero-order valence-electron chi connectivity index (χ0n) is 20.8. The quantitative estimate of drug-likeness (QED) is 0.219. The van der Waals surface area contributed by atoms with Crippen molar-refractivity contribution in [2.45, 2.75) is 29.2 Å². The van der Waals surface area contributed by atoms with Gasteiger partial charge in [0, 0.05) is 11.6 Å². The molecule has 0 bridgehead atoms. The number of sulfone groups is 1. The van der Waals surface area contributed by atoms with Crippen molar-refractivity contribution in [1.82, 2.24) is 5.32 Å². The molecule has 196 valence electrons. The van der Waals surface area contributed by atoms with Crippen LogP contribution in [-0.2, 0) is 16.3 Å². The first-order chi connectivity index (χ1) is 18.2. The van der Waals surface area contributed by atoms with Crippen LogP contribution in [0, 0.1) is 6.92 Å². The van der Waals surface area contributed by atoms with E-state index in [9.17, 15) is 18.3 Å². The minimum Gasteiger partial charge on any atom is -0.478 e. The molecule has 0 aromatic heterocycles. The topological polar surface area (TPSA) is 104 Å². The van der Waals surface area contributed by atoms with Crippen LogP contribution < -0.4 is 5.32 Å². The van der Waals surface area contributed by atoms with Gasteiger partial charge >= 0.3 is 5.97 Å². The van der Waals surface area contributed by atoms with Crippen LogP contribution in [0.1, 0.15) is 33.2 Å². The van der Waals surface area contributed by atoms with Crippen LogP contribution in [0.2, 0.25) is 5.02 Å². The van der Waals surface area contributed by atoms with Gasteiger partial charge in [-0.25, -0.2) is 13.2 Å². The van der Waals surface area contributed by atoms with E-state index < -0.39 is 21.9 Å². The lowest BCUT2D eigenvalue weighted by Crippen LogP contribution is -2.23. The maximum absolute atomic E-state index is 13.5. The Bertz CT molecular complexity index is 1530. The second-order valence-electron chi connectivity index (χ2n) is 8.98. The molecule has 0 spiro atoms. The smallest absolute Gasteiger partial charge is 0.335 e. The van der Waals surface area contributed by atoms with Gasteiger partial charge in [0.25, 0.3) is 0 Å². The van der Waals surface area contributed by atoms with E-state index in [1.54, 1.807) is 73.7 Å². The van der Waals surface area contributed by atoms with Crippen LogP contribution in [0.3, 0.4) is 0 Å². The number of aliphatic hydroxyl groups is 1. The molecule has 8 heteroatoms. The first kappa shape index (κ1) is 27.5. The number of carbonyl (C=O) groups is 1. The summed E-state index contributed by atoms with van der Waals surface area (Å²) in [6.45, 7) is 2.75. The largest absolute Gasteiger partial charge is 0.478 e. The number of benzene rings is 4. The van der Waals surface area contributed by atoms with E-state index in [0.29, 0.717) is 30.1 Å². The molecular weight excluding hydrogens is 522 g/mol. The highest BCUT2D eigenvalue weighted by molar-refractivity contribution is 7.91. The van der Waals surface area contributed by atoms with Crippen LogP contribution in [0.5, 0.6) is 0 Å². The summed E-state index contributed by atoms with van der Waals surface area (Å²) in [6, 6.07) is 25.4. The maximum atomic E-state index is 13.5. The molecule has 4 aromatic carbocycles. The molecule has 0 aliphatic heterocycles. The van der Waals surface area contributed by atoms with Crippen LogP contribution in [0.4, 0.5) is 0 Å². The van der Waals surface area contributed by atoms with Gasteiger partial charge in [0.05, 0.1) is 21.5 Å². The van der Waals surface area contributed by atoms with Crippen LogP contribution >= 0.6 is 11.6 Å². The fraction of sp³-hybridized carbons (Fsp3) is 0.167. The molecule has 4 aromatic rings. The van der Waals surface area contributed by atoms with E-state index >= 15 is 0 Å². The van der Waals surface area contributed by atoms with Gasteiger partial charge in [0.1, 0.15) is 0 Å². The summed E-state index contributed by atoms with van der Waals surface area (Å²) in [6.07, 6.45) is -0.000908. The molecular formula is C30H28ClNO5S. The van der Waals surface area contributed by atoms with Crippen molar-refractivity contribution in [1.29, 1.82) is 0 Å². The fourth-order valence-corrected chi connectivity index (χ4v) is 5.99. The number of hydrogen-bond acceptors (Lipinski definition) is 5. The van der Waals surface area contributed by atoms with E-state index in [2.05, 4.69) is 5.32 Å². The number of nitrogens with one attached hydrogen (secondary N) is 1. The number of aliphatic hydroxyl groups excluding tert-OH is 1. The lowest BCUT2D eigenvalue weighted by atomic mass is 9.99. The van der Waals surface area contributed by atoms with Gasteiger partial charge < -0.3 is 15.5 Å². The molecule has 0 aliphatic rings. The second-order valence-corrected chi connectivity index (χ2v) is 11.3. The molecule has 0 amide bonds. The maximum Gasteiger partial charge on any atom is 0.335 e. The number of halogens is 1. The fourth-order valence-electron chi connectivity index (χ4n) is 4.28. The monoisotopic (exact) mass is 549 g/mol. The van der Waals surface area contributed by atoms with E-state index in [1.165, 1.54) is 12.1 Å². The van der Waals surface area contributed by atoms with Crippen molar-refractivity contribution in [3.63, 3.8) is 0 Å². The molecule has 0 saturated carbocycles. The zero-order chi connectivity index (χ0) is 27.3. The van der Waals surface area contributed by atoms with Gasteiger partial charge in [-0.2, -0.15) is 0 Å². The molecule has 3 N–H and O–H groups in total. The third-order valence-electron chi connectivity index (χ3n) is 6.41. The first-order valence-corrected chi connectivity index (χ1v) is 13.9. The van der Waals surface area contributed by atoms with Gasteiger partial charge in [0.15, 0.2) is 0 Å². The Morgan fingerprint density at radius 1 is 0.947 bits per heavy atom. The molecule has 38 heavy (non-hydrogen) atoms. The Morgan fingerprint density at radius 2 is 1.63 bits per heavy atom. The summed E-state index contributed by atoms with van der Waals surface area (Å²) < 4.78 is 26.9. The SMILES string of the molecule is Cc1c(-c2ccc(C(=O)O)cc2)cccc1S(=O)(=O)c1ccc(CCNC[C@H](O)c2cccc(Cl)c2)cc1. The lowest BCUT2D eigenvalue weighted by molar-refractivity contribution is 0.0697. The molecule has 1 atom stereocenters. The van der Waals surface area contributed by atoms with Crippen molar-refractivity contribution in [3.05, 3.63) is 118 Å². The highest BCUT2D eigenvalue weighted by Crippen LogP contribution is 2.31. The molecule has 6 nitrogen and oxygen atoms in total. The summed E-state index contributed by atoms with van der Waals surface area (Å²) in [7, 11) is -3.76. The van der Waals surface area contributed by atoms with Crippen LogP contribution in [0.15, 0.2) is 101 Å². The minimum absolute atomic E-state index is 0.169. The van der Waals surface area contributed by atoms with Gasteiger partial charge in [0.2, 0.25) is 9.84 Å².